The maximum absolute atomic E-state index is 11.1. The summed E-state index contributed by atoms with van der Waals surface area (Å²) < 4.78 is 6.89. The van der Waals surface area contributed by atoms with Gasteiger partial charge in [0, 0.05) is 11.0 Å². The van der Waals surface area contributed by atoms with E-state index in [4.69, 9.17) is 4.52 Å². The Bertz CT molecular complexity index is 585. The second-order valence-electron chi connectivity index (χ2n) is 5.65. The number of nitrogens with zero attached hydrogens (tertiary/aromatic N) is 4. The average molecular weight is 262 g/mol. The molecule has 0 saturated carbocycles. The Morgan fingerprint density at radius 3 is 2.47 bits per heavy atom. The summed E-state index contributed by atoms with van der Waals surface area (Å²) in [6, 6.07) is 0. The van der Waals surface area contributed by atoms with Crippen molar-refractivity contribution in [2.45, 2.75) is 46.6 Å². The lowest BCUT2D eigenvalue weighted by atomic mass is 9.90. The third-order valence-electron chi connectivity index (χ3n) is 3.07. The van der Waals surface area contributed by atoms with Gasteiger partial charge in [-0.15, -0.1) is 5.10 Å². The molecule has 0 fully saturated rings. The molecule has 19 heavy (non-hydrogen) atoms. The summed E-state index contributed by atoms with van der Waals surface area (Å²) in [5.41, 5.74) is 2.81. The number of rotatable bonds is 3. The number of hydrogen-bond acceptors (Lipinski definition) is 5. The van der Waals surface area contributed by atoms with Crippen molar-refractivity contribution in [3.63, 3.8) is 0 Å². The number of hydrogen-bond donors (Lipinski definition) is 0. The van der Waals surface area contributed by atoms with Gasteiger partial charge in [0.05, 0.1) is 17.9 Å². The second kappa shape index (κ2) is 4.60. The predicted octanol–water partition coefficient (Wildman–Crippen LogP) is 2.04. The first-order valence-corrected chi connectivity index (χ1v) is 6.15. The van der Waals surface area contributed by atoms with Crippen LogP contribution in [0.3, 0.4) is 0 Å². The Balaban J connectivity index is 2.47. The van der Waals surface area contributed by atoms with Crippen molar-refractivity contribution >= 4 is 6.29 Å². The van der Waals surface area contributed by atoms with Crippen LogP contribution in [0.1, 0.15) is 54.0 Å². The molecule has 0 bridgehead atoms. The first kappa shape index (κ1) is 13.5. The molecule has 0 saturated heterocycles. The summed E-state index contributed by atoms with van der Waals surface area (Å²) in [4.78, 5) is 11.1. The normalized spacial score (nSPS) is 11.8. The number of aldehydes is 1. The average Bonchev–Trinajstić information content (AvgIpc) is 2.87. The maximum atomic E-state index is 11.1. The van der Waals surface area contributed by atoms with Crippen molar-refractivity contribution in [1.29, 1.82) is 0 Å². The summed E-state index contributed by atoms with van der Waals surface area (Å²) in [6.07, 6.45) is 0.747. The monoisotopic (exact) mass is 262 g/mol. The van der Waals surface area contributed by atoms with Gasteiger partial charge in [-0.2, -0.15) is 0 Å². The third-order valence-corrected chi connectivity index (χ3v) is 3.07. The van der Waals surface area contributed by atoms with Crippen LogP contribution in [0.4, 0.5) is 0 Å². The lowest BCUT2D eigenvalue weighted by molar-refractivity contribution is 0.111. The van der Waals surface area contributed by atoms with E-state index in [0.717, 1.165) is 29.0 Å². The first-order valence-electron chi connectivity index (χ1n) is 6.15. The van der Waals surface area contributed by atoms with E-state index >= 15 is 0 Å². The van der Waals surface area contributed by atoms with Gasteiger partial charge >= 0.3 is 0 Å². The lowest BCUT2D eigenvalue weighted by Gasteiger charge is -2.20. The fourth-order valence-corrected chi connectivity index (χ4v) is 2.17. The van der Waals surface area contributed by atoms with Gasteiger partial charge in [0.25, 0.3) is 0 Å². The van der Waals surface area contributed by atoms with Gasteiger partial charge < -0.3 is 4.52 Å². The van der Waals surface area contributed by atoms with Crippen molar-refractivity contribution in [3.8, 4) is 0 Å². The minimum atomic E-state index is -0.210. The largest absolute Gasteiger partial charge is 0.361 e. The zero-order valence-electron chi connectivity index (χ0n) is 11.9. The van der Waals surface area contributed by atoms with E-state index < -0.39 is 0 Å². The van der Waals surface area contributed by atoms with Crippen molar-refractivity contribution in [3.05, 3.63) is 28.4 Å². The highest BCUT2D eigenvalue weighted by atomic mass is 16.5. The fourth-order valence-electron chi connectivity index (χ4n) is 2.17. The lowest BCUT2D eigenvalue weighted by Crippen LogP contribution is -2.21. The van der Waals surface area contributed by atoms with E-state index in [1.807, 2.05) is 34.6 Å². The standard InChI is InChI=1S/C13H18N4O2/c1-8-10(9(2)19-15-8)6-17-12(13(3,4)5)11(7-18)14-16-17/h7H,6H2,1-5H3. The zero-order valence-corrected chi connectivity index (χ0v) is 11.9. The van der Waals surface area contributed by atoms with Gasteiger partial charge in [-0.05, 0) is 13.8 Å². The van der Waals surface area contributed by atoms with E-state index in [1.54, 1.807) is 4.68 Å². The minimum absolute atomic E-state index is 0.210. The minimum Gasteiger partial charge on any atom is -0.361 e. The van der Waals surface area contributed by atoms with Crippen molar-refractivity contribution in [1.82, 2.24) is 20.2 Å². The van der Waals surface area contributed by atoms with Gasteiger partial charge in [-0.3, -0.25) is 4.79 Å². The van der Waals surface area contributed by atoms with Crippen molar-refractivity contribution in [2.75, 3.05) is 0 Å². The zero-order chi connectivity index (χ0) is 14.2. The molecule has 0 N–H and O–H groups in total. The summed E-state index contributed by atoms with van der Waals surface area (Å²) in [6.45, 7) is 10.4. The molecule has 6 nitrogen and oxygen atoms in total. The van der Waals surface area contributed by atoms with Gasteiger partial charge in [-0.25, -0.2) is 4.68 Å². The molecular formula is C13H18N4O2. The molecule has 2 rings (SSSR count). The van der Waals surface area contributed by atoms with Crippen LogP contribution in [0.15, 0.2) is 4.52 Å². The van der Waals surface area contributed by atoms with E-state index in [2.05, 4.69) is 15.5 Å². The SMILES string of the molecule is Cc1noc(C)c1Cn1nnc(C=O)c1C(C)(C)C. The molecule has 0 aliphatic heterocycles. The number of carbonyl (C=O) groups excluding carboxylic acids is 1. The van der Waals surface area contributed by atoms with Crippen LogP contribution in [-0.2, 0) is 12.0 Å². The molecule has 0 aromatic carbocycles. The molecule has 0 spiro atoms. The maximum Gasteiger partial charge on any atom is 0.172 e. The Morgan fingerprint density at radius 1 is 1.32 bits per heavy atom. The molecule has 0 radical (unpaired) electrons. The van der Waals surface area contributed by atoms with E-state index in [0.29, 0.717) is 12.2 Å². The van der Waals surface area contributed by atoms with E-state index in [9.17, 15) is 4.79 Å². The summed E-state index contributed by atoms with van der Waals surface area (Å²) in [5.74, 6) is 0.764. The highest BCUT2D eigenvalue weighted by molar-refractivity contribution is 5.73. The predicted molar refractivity (Wildman–Crippen MR) is 69.2 cm³/mol. The quantitative estimate of drug-likeness (QED) is 0.791. The first-order chi connectivity index (χ1) is 8.84. The fraction of sp³-hybridized carbons (Fsp3) is 0.538. The molecule has 102 valence electrons. The molecular weight excluding hydrogens is 244 g/mol. The van der Waals surface area contributed by atoms with Gasteiger partial charge in [-0.1, -0.05) is 31.1 Å². The molecule has 0 amide bonds. The second-order valence-corrected chi connectivity index (χ2v) is 5.65. The highest BCUT2D eigenvalue weighted by Gasteiger charge is 2.26. The summed E-state index contributed by atoms with van der Waals surface area (Å²) in [7, 11) is 0. The number of aromatic nitrogens is 4. The smallest absolute Gasteiger partial charge is 0.172 e. The Kier molecular flexibility index (Phi) is 3.26. The van der Waals surface area contributed by atoms with Crippen LogP contribution in [0.2, 0.25) is 0 Å². The molecule has 6 heteroatoms. The third kappa shape index (κ3) is 2.43. The van der Waals surface area contributed by atoms with E-state index in [1.165, 1.54) is 0 Å². The van der Waals surface area contributed by atoms with Crippen LogP contribution in [0.5, 0.6) is 0 Å². The van der Waals surface area contributed by atoms with Crippen LogP contribution in [0.25, 0.3) is 0 Å². The highest BCUT2D eigenvalue weighted by Crippen LogP contribution is 2.25. The Morgan fingerprint density at radius 2 is 2.00 bits per heavy atom. The van der Waals surface area contributed by atoms with Crippen LogP contribution < -0.4 is 0 Å². The van der Waals surface area contributed by atoms with Gasteiger partial charge in [0.1, 0.15) is 11.5 Å². The van der Waals surface area contributed by atoms with Crippen molar-refractivity contribution in [2.24, 2.45) is 0 Å². The topological polar surface area (TPSA) is 73.8 Å². The van der Waals surface area contributed by atoms with Crippen LogP contribution in [-0.4, -0.2) is 26.4 Å². The Hall–Kier alpha value is -1.98. The summed E-state index contributed by atoms with van der Waals surface area (Å²) in [5, 5.41) is 11.9. The van der Waals surface area contributed by atoms with Crippen LogP contribution in [0, 0.1) is 13.8 Å². The molecule has 2 heterocycles. The summed E-state index contributed by atoms with van der Waals surface area (Å²) >= 11 is 0. The molecule has 2 aromatic heterocycles. The van der Waals surface area contributed by atoms with Crippen molar-refractivity contribution < 1.29 is 9.32 Å². The molecule has 0 atom stereocenters. The molecule has 0 unspecified atom stereocenters. The Labute approximate surface area is 111 Å². The molecule has 0 aliphatic rings. The van der Waals surface area contributed by atoms with E-state index in [-0.39, 0.29) is 5.41 Å². The number of carbonyl (C=O) groups is 1. The molecule has 0 aliphatic carbocycles. The number of aryl methyl sites for hydroxylation is 2. The molecule has 2 aromatic rings. The van der Waals surface area contributed by atoms with Gasteiger partial charge in [0.15, 0.2) is 6.29 Å². The van der Waals surface area contributed by atoms with Gasteiger partial charge in [0.2, 0.25) is 0 Å². The van der Waals surface area contributed by atoms with Crippen LogP contribution >= 0.6 is 0 Å².